The van der Waals surface area contributed by atoms with E-state index in [4.69, 9.17) is 4.98 Å². The van der Waals surface area contributed by atoms with Gasteiger partial charge in [0.15, 0.2) is 5.16 Å². The van der Waals surface area contributed by atoms with Crippen LogP contribution in [0.1, 0.15) is 24.7 Å². The van der Waals surface area contributed by atoms with Crippen molar-refractivity contribution in [3.8, 4) is 0 Å². The van der Waals surface area contributed by atoms with E-state index < -0.39 is 0 Å². The maximum Gasteiger partial charge on any atom is 0.262 e. The zero-order valence-corrected chi connectivity index (χ0v) is 18.5. The normalized spacial score (nSPS) is 11.4. The molecule has 0 aliphatic heterocycles. The standard InChI is InChI=1S/C21H19BrN4O2S/c1-3-9-25-20(28)16-10-14(22)7-8-17(16)24-21(25)29-12-15-11-19(27)26-13(2)5-4-6-18(26)23-15/h4-8,10-11H,3,9,12H2,1-2H3. The van der Waals surface area contributed by atoms with Crippen LogP contribution in [0.5, 0.6) is 0 Å². The number of thioether (sulfide) groups is 1. The zero-order chi connectivity index (χ0) is 20.5. The Morgan fingerprint density at radius 3 is 2.72 bits per heavy atom. The van der Waals surface area contributed by atoms with Gasteiger partial charge in [0.1, 0.15) is 5.65 Å². The van der Waals surface area contributed by atoms with Gasteiger partial charge in [-0.15, -0.1) is 0 Å². The molecular weight excluding hydrogens is 452 g/mol. The molecule has 0 saturated carbocycles. The molecule has 0 radical (unpaired) electrons. The lowest BCUT2D eigenvalue weighted by molar-refractivity contribution is 0.584. The van der Waals surface area contributed by atoms with Gasteiger partial charge in [0, 0.05) is 28.5 Å². The van der Waals surface area contributed by atoms with Crippen LogP contribution in [-0.2, 0) is 12.3 Å². The van der Waals surface area contributed by atoms with Crippen LogP contribution in [0.25, 0.3) is 16.6 Å². The lowest BCUT2D eigenvalue weighted by Gasteiger charge is -2.12. The summed E-state index contributed by atoms with van der Waals surface area (Å²) in [6.45, 7) is 4.50. The Bertz CT molecular complexity index is 1350. The van der Waals surface area contributed by atoms with E-state index in [0.717, 1.165) is 16.6 Å². The van der Waals surface area contributed by atoms with Crippen molar-refractivity contribution in [3.05, 3.63) is 79.0 Å². The van der Waals surface area contributed by atoms with E-state index in [9.17, 15) is 9.59 Å². The van der Waals surface area contributed by atoms with E-state index in [1.165, 1.54) is 11.8 Å². The molecule has 0 atom stereocenters. The number of benzene rings is 1. The Labute approximate surface area is 179 Å². The SMILES string of the molecule is CCCn1c(SCc2cc(=O)n3c(C)cccc3n2)nc2ccc(Br)cc2c1=O. The number of hydrogen-bond acceptors (Lipinski definition) is 5. The summed E-state index contributed by atoms with van der Waals surface area (Å²) in [7, 11) is 0. The molecule has 0 bridgehead atoms. The average molecular weight is 471 g/mol. The largest absolute Gasteiger partial charge is 0.287 e. The number of halogens is 1. The summed E-state index contributed by atoms with van der Waals surface area (Å²) in [6.07, 6.45) is 0.823. The highest BCUT2D eigenvalue weighted by Crippen LogP contribution is 2.23. The highest BCUT2D eigenvalue weighted by Gasteiger charge is 2.13. The molecule has 4 aromatic rings. The van der Waals surface area contributed by atoms with Crippen molar-refractivity contribution in [2.24, 2.45) is 0 Å². The molecular formula is C21H19BrN4O2S. The molecule has 0 amide bonds. The van der Waals surface area contributed by atoms with Gasteiger partial charge in [0.2, 0.25) is 0 Å². The van der Waals surface area contributed by atoms with Crippen molar-refractivity contribution in [2.75, 3.05) is 0 Å². The summed E-state index contributed by atoms with van der Waals surface area (Å²) >= 11 is 4.84. The Hall–Kier alpha value is -2.45. The Kier molecular flexibility index (Phi) is 5.56. The molecule has 0 unspecified atom stereocenters. The van der Waals surface area contributed by atoms with Gasteiger partial charge in [0.25, 0.3) is 11.1 Å². The molecule has 0 fully saturated rings. The fourth-order valence-electron chi connectivity index (χ4n) is 3.28. The van der Waals surface area contributed by atoms with Gasteiger partial charge < -0.3 is 0 Å². The molecule has 148 valence electrons. The third-order valence-corrected chi connectivity index (χ3v) is 6.11. The van der Waals surface area contributed by atoms with Crippen LogP contribution in [0.4, 0.5) is 0 Å². The molecule has 3 aromatic heterocycles. The maximum atomic E-state index is 13.0. The number of pyridine rings is 1. The molecule has 0 aliphatic carbocycles. The first-order chi connectivity index (χ1) is 14.0. The van der Waals surface area contributed by atoms with E-state index in [0.29, 0.717) is 39.7 Å². The predicted molar refractivity (Wildman–Crippen MR) is 120 cm³/mol. The quantitative estimate of drug-likeness (QED) is 0.323. The van der Waals surface area contributed by atoms with Crippen LogP contribution < -0.4 is 11.1 Å². The minimum absolute atomic E-state index is 0.0529. The Balaban J connectivity index is 1.74. The van der Waals surface area contributed by atoms with E-state index in [-0.39, 0.29) is 11.1 Å². The van der Waals surface area contributed by atoms with Gasteiger partial charge in [-0.3, -0.25) is 18.6 Å². The van der Waals surface area contributed by atoms with Crippen LogP contribution in [0, 0.1) is 6.92 Å². The monoisotopic (exact) mass is 470 g/mol. The summed E-state index contributed by atoms with van der Waals surface area (Å²) in [6, 6.07) is 12.7. The third kappa shape index (κ3) is 3.86. The number of aromatic nitrogens is 4. The number of fused-ring (bicyclic) bond motifs is 2. The predicted octanol–water partition coefficient (Wildman–Crippen LogP) is 4.18. The van der Waals surface area contributed by atoms with Gasteiger partial charge in [-0.05, 0) is 43.7 Å². The topological polar surface area (TPSA) is 69.3 Å². The number of aryl methyl sites for hydroxylation is 1. The summed E-state index contributed by atoms with van der Waals surface area (Å²) in [5.41, 5.74) is 2.64. The van der Waals surface area contributed by atoms with Crippen LogP contribution in [0.2, 0.25) is 0 Å². The van der Waals surface area contributed by atoms with Crippen LogP contribution >= 0.6 is 27.7 Å². The number of hydrogen-bond donors (Lipinski definition) is 0. The average Bonchev–Trinajstić information content (AvgIpc) is 2.69. The fraction of sp³-hybridized carbons (Fsp3) is 0.238. The number of nitrogens with zero attached hydrogens (tertiary/aromatic N) is 4. The highest BCUT2D eigenvalue weighted by atomic mass is 79.9. The second-order valence-corrected chi connectivity index (χ2v) is 8.61. The van der Waals surface area contributed by atoms with Crippen LogP contribution in [-0.4, -0.2) is 18.9 Å². The molecule has 0 spiro atoms. The van der Waals surface area contributed by atoms with Crippen molar-refractivity contribution in [3.63, 3.8) is 0 Å². The molecule has 4 rings (SSSR count). The fourth-order valence-corrected chi connectivity index (χ4v) is 4.56. The van der Waals surface area contributed by atoms with Gasteiger partial charge in [-0.1, -0.05) is 40.7 Å². The summed E-state index contributed by atoms with van der Waals surface area (Å²) in [4.78, 5) is 34.8. The van der Waals surface area contributed by atoms with Crippen molar-refractivity contribution >= 4 is 44.2 Å². The van der Waals surface area contributed by atoms with Gasteiger partial charge >= 0.3 is 0 Å². The van der Waals surface area contributed by atoms with Crippen molar-refractivity contribution in [1.29, 1.82) is 0 Å². The lowest BCUT2D eigenvalue weighted by atomic mass is 10.2. The second kappa shape index (κ2) is 8.12. The molecule has 1 aromatic carbocycles. The zero-order valence-electron chi connectivity index (χ0n) is 16.1. The van der Waals surface area contributed by atoms with E-state index in [2.05, 4.69) is 20.9 Å². The summed E-state index contributed by atoms with van der Waals surface area (Å²) < 4.78 is 4.15. The first-order valence-corrected chi connectivity index (χ1v) is 11.1. The molecule has 8 heteroatoms. The summed E-state index contributed by atoms with van der Waals surface area (Å²) in [5.74, 6) is 0.456. The molecule has 6 nitrogen and oxygen atoms in total. The van der Waals surface area contributed by atoms with E-state index in [1.54, 1.807) is 21.1 Å². The third-order valence-electron chi connectivity index (χ3n) is 4.61. The first kappa shape index (κ1) is 19.8. The van der Waals surface area contributed by atoms with Crippen molar-refractivity contribution in [1.82, 2.24) is 18.9 Å². The van der Waals surface area contributed by atoms with Crippen LogP contribution in [0.3, 0.4) is 0 Å². The van der Waals surface area contributed by atoms with Crippen LogP contribution in [0.15, 0.2) is 61.7 Å². The second-order valence-electron chi connectivity index (χ2n) is 6.75. The van der Waals surface area contributed by atoms with Crippen molar-refractivity contribution in [2.45, 2.75) is 37.7 Å². The molecule has 0 aliphatic rings. The smallest absolute Gasteiger partial charge is 0.262 e. The number of rotatable bonds is 5. The van der Waals surface area contributed by atoms with Gasteiger partial charge in [-0.2, -0.15) is 0 Å². The minimum atomic E-state index is -0.106. The molecule has 29 heavy (non-hydrogen) atoms. The highest BCUT2D eigenvalue weighted by molar-refractivity contribution is 9.10. The van der Waals surface area contributed by atoms with E-state index >= 15 is 0 Å². The van der Waals surface area contributed by atoms with Gasteiger partial charge in [-0.25, -0.2) is 9.97 Å². The molecule has 0 saturated heterocycles. The molecule has 3 heterocycles. The molecule has 0 N–H and O–H groups in total. The first-order valence-electron chi connectivity index (χ1n) is 9.29. The van der Waals surface area contributed by atoms with Crippen molar-refractivity contribution < 1.29 is 0 Å². The minimum Gasteiger partial charge on any atom is -0.287 e. The Morgan fingerprint density at radius 1 is 1.10 bits per heavy atom. The van der Waals surface area contributed by atoms with Gasteiger partial charge in [0.05, 0.1) is 16.6 Å². The van der Waals surface area contributed by atoms with E-state index in [1.807, 2.05) is 44.2 Å². The summed E-state index contributed by atoms with van der Waals surface area (Å²) in [5, 5.41) is 1.23. The maximum absolute atomic E-state index is 13.0. The lowest BCUT2D eigenvalue weighted by Crippen LogP contribution is -2.23. The Morgan fingerprint density at radius 2 is 1.93 bits per heavy atom.